The summed E-state index contributed by atoms with van der Waals surface area (Å²) in [6.45, 7) is 8.10. The summed E-state index contributed by atoms with van der Waals surface area (Å²) in [5.74, 6) is 0.349. The smallest absolute Gasteiger partial charge is 0.251 e. The Morgan fingerprint density at radius 3 is 2.50 bits per heavy atom. The predicted octanol–water partition coefficient (Wildman–Crippen LogP) is 4.11. The van der Waals surface area contributed by atoms with Gasteiger partial charge in [-0.25, -0.2) is 0 Å². The van der Waals surface area contributed by atoms with E-state index in [2.05, 4.69) is 5.32 Å². The number of hydrogen-bond donors (Lipinski definition) is 1. The predicted molar refractivity (Wildman–Crippen MR) is 110 cm³/mol. The van der Waals surface area contributed by atoms with E-state index in [1.54, 1.807) is 12.0 Å². The van der Waals surface area contributed by atoms with Crippen molar-refractivity contribution in [2.45, 2.75) is 40.2 Å². The average molecular weight is 380 g/mol. The minimum absolute atomic E-state index is 0.0288. The first-order chi connectivity index (χ1) is 13.2. The summed E-state index contributed by atoms with van der Waals surface area (Å²) in [5, 5.41) is 3.02. The number of carbonyl (C=O) groups excluding carboxylic acids is 2. The van der Waals surface area contributed by atoms with E-state index >= 15 is 0 Å². The van der Waals surface area contributed by atoms with E-state index in [-0.39, 0.29) is 11.8 Å². The Hall–Kier alpha value is -2.82. The molecule has 0 saturated heterocycles. The van der Waals surface area contributed by atoms with Gasteiger partial charge in [0.2, 0.25) is 5.91 Å². The number of amides is 2. The van der Waals surface area contributed by atoms with E-state index < -0.39 is 11.5 Å². The Bertz CT molecular complexity index is 899. The number of para-hydroxylation sites is 1. The van der Waals surface area contributed by atoms with Crippen LogP contribution in [0.2, 0.25) is 0 Å². The van der Waals surface area contributed by atoms with Gasteiger partial charge in [-0.3, -0.25) is 9.59 Å². The van der Waals surface area contributed by atoms with Crippen LogP contribution in [-0.4, -0.2) is 30.4 Å². The summed E-state index contributed by atoms with van der Waals surface area (Å²) < 4.78 is 5.42. The van der Waals surface area contributed by atoms with E-state index in [9.17, 15) is 9.59 Å². The zero-order chi connectivity index (χ0) is 20.5. The van der Waals surface area contributed by atoms with Crippen LogP contribution in [0.4, 0.5) is 5.69 Å². The standard InChI is InChI=1S/C23H28N2O3/c1-15-9-8-12-18(28-5)19(15)24-21(26)20-17-11-7-6-10-16(17)13-14-25(20)22(27)23(2,3)4/h6-12,20H,13-14H2,1-5H3,(H,24,26). The average Bonchev–Trinajstić information content (AvgIpc) is 2.67. The number of benzene rings is 2. The summed E-state index contributed by atoms with van der Waals surface area (Å²) in [6, 6.07) is 12.8. The maximum absolute atomic E-state index is 13.4. The molecule has 2 amide bonds. The number of methoxy groups -OCH3 is 1. The number of nitrogens with zero attached hydrogens (tertiary/aromatic N) is 1. The van der Waals surface area contributed by atoms with Gasteiger partial charge in [-0.05, 0) is 36.1 Å². The topological polar surface area (TPSA) is 58.6 Å². The van der Waals surface area contributed by atoms with Crippen LogP contribution in [0.25, 0.3) is 0 Å². The molecule has 1 unspecified atom stereocenters. The Morgan fingerprint density at radius 2 is 1.82 bits per heavy atom. The fraction of sp³-hybridized carbons (Fsp3) is 0.391. The SMILES string of the molecule is COc1cccc(C)c1NC(=O)C1c2ccccc2CCN1C(=O)C(C)(C)C. The van der Waals surface area contributed by atoms with Gasteiger partial charge in [0.1, 0.15) is 11.8 Å². The van der Waals surface area contributed by atoms with Crippen molar-refractivity contribution in [3.8, 4) is 5.75 Å². The molecule has 0 aliphatic carbocycles. The molecule has 5 heteroatoms. The van der Waals surface area contributed by atoms with Crippen LogP contribution in [-0.2, 0) is 16.0 Å². The molecule has 0 spiro atoms. The van der Waals surface area contributed by atoms with Gasteiger partial charge in [-0.1, -0.05) is 57.2 Å². The highest BCUT2D eigenvalue weighted by Crippen LogP contribution is 2.35. The lowest BCUT2D eigenvalue weighted by molar-refractivity contribution is -0.146. The number of ether oxygens (including phenoxy) is 1. The fourth-order valence-corrected chi connectivity index (χ4v) is 3.66. The molecular weight excluding hydrogens is 352 g/mol. The number of rotatable bonds is 3. The highest BCUT2D eigenvalue weighted by atomic mass is 16.5. The molecule has 0 aromatic heterocycles. The highest BCUT2D eigenvalue weighted by molar-refractivity contribution is 6.00. The summed E-state index contributed by atoms with van der Waals surface area (Å²) >= 11 is 0. The summed E-state index contributed by atoms with van der Waals surface area (Å²) in [7, 11) is 1.58. The molecule has 1 aliphatic heterocycles. The van der Waals surface area contributed by atoms with Crippen molar-refractivity contribution in [3.63, 3.8) is 0 Å². The molecule has 3 rings (SSSR count). The van der Waals surface area contributed by atoms with Crippen molar-refractivity contribution < 1.29 is 14.3 Å². The third-order valence-electron chi connectivity index (χ3n) is 5.14. The molecule has 1 atom stereocenters. The van der Waals surface area contributed by atoms with Crippen molar-refractivity contribution >= 4 is 17.5 Å². The Balaban J connectivity index is 2.02. The molecule has 28 heavy (non-hydrogen) atoms. The van der Waals surface area contributed by atoms with Gasteiger partial charge < -0.3 is 15.0 Å². The Labute approximate surface area is 166 Å². The van der Waals surface area contributed by atoms with Crippen LogP contribution in [0.5, 0.6) is 5.75 Å². The number of anilines is 1. The second-order valence-corrected chi connectivity index (χ2v) is 8.24. The largest absolute Gasteiger partial charge is 0.495 e. The zero-order valence-corrected chi connectivity index (χ0v) is 17.2. The maximum Gasteiger partial charge on any atom is 0.251 e. The van der Waals surface area contributed by atoms with E-state index in [4.69, 9.17) is 4.74 Å². The van der Waals surface area contributed by atoms with Crippen LogP contribution in [0.1, 0.15) is 43.5 Å². The highest BCUT2D eigenvalue weighted by Gasteiger charge is 2.39. The third kappa shape index (κ3) is 3.75. The molecule has 0 radical (unpaired) electrons. The van der Waals surface area contributed by atoms with Crippen molar-refractivity contribution in [2.24, 2.45) is 5.41 Å². The summed E-state index contributed by atoms with van der Waals surface area (Å²) in [5.41, 5.74) is 2.98. The van der Waals surface area contributed by atoms with Crippen molar-refractivity contribution in [3.05, 3.63) is 59.2 Å². The summed E-state index contributed by atoms with van der Waals surface area (Å²) in [6.07, 6.45) is 0.745. The monoisotopic (exact) mass is 380 g/mol. The van der Waals surface area contributed by atoms with Gasteiger partial charge in [0, 0.05) is 12.0 Å². The summed E-state index contributed by atoms with van der Waals surface area (Å²) in [4.78, 5) is 28.3. The van der Waals surface area contributed by atoms with Crippen LogP contribution in [0, 0.1) is 12.3 Å². The molecule has 2 aromatic rings. The van der Waals surface area contributed by atoms with Crippen LogP contribution < -0.4 is 10.1 Å². The molecule has 5 nitrogen and oxygen atoms in total. The van der Waals surface area contributed by atoms with Crippen LogP contribution in [0.15, 0.2) is 42.5 Å². The van der Waals surface area contributed by atoms with Gasteiger partial charge in [-0.15, -0.1) is 0 Å². The quantitative estimate of drug-likeness (QED) is 0.872. The van der Waals surface area contributed by atoms with E-state index in [1.807, 2.05) is 70.2 Å². The minimum atomic E-state index is -0.666. The van der Waals surface area contributed by atoms with Crippen LogP contribution >= 0.6 is 0 Å². The fourth-order valence-electron chi connectivity index (χ4n) is 3.66. The van der Waals surface area contributed by atoms with Crippen molar-refractivity contribution in [1.82, 2.24) is 4.90 Å². The second kappa shape index (κ2) is 7.66. The van der Waals surface area contributed by atoms with Gasteiger partial charge in [-0.2, -0.15) is 0 Å². The number of aryl methyl sites for hydroxylation is 1. The van der Waals surface area contributed by atoms with Crippen molar-refractivity contribution in [1.29, 1.82) is 0 Å². The molecular formula is C23H28N2O3. The molecule has 0 fully saturated rings. The van der Waals surface area contributed by atoms with Gasteiger partial charge in [0.25, 0.3) is 5.91 Å². The van der Waals surface area contributed by atoms with E-state index in [0.717, 1.165) is 23.1 Å². The van der Waals surface area contributed by atoms with Crippen molar-refractivity contribution in [2.75, 3.05) is 19.0 Å². The first kappa shape index (κ1) is 19.9. The van der Waals surface area contributed by atoms with E-state index in [1.165, 1.54) is 0 Å². The minimum Gasteiger partial charge on any atom is -0.495 e. The third-order valence-corrected chi connectivity index (χ3v) is 5.14. The Kier molecular flexibility index (Phi) is 5.45. The molecule has 0 bridgehead atoms. The molecule has 1 heterocycles. The maximum atomic E-state index is 13.4. The lowest BCUT2D eigenvalue weighted by Gasteiger charge is -2.39. The van der Waals surface area contributed by atoms with Gasteiger partial charge in [0.05, 0.1) is 12.8 Å². The molecule has 1 N–H and O–H groups in total. The number of nitrogens with one attached hydrogen (secondary N) is 1. The number of hydrogen-bond acceptors (Lipinski definition) is 3. The Morgan fingerprint density at radius 1 is 1.11 bits per heavy atom. The van der Waals surface area contributed by atoms with E-state index in [0.29, 0.717) is 18.0 Å². The number of carbonyl (C=O) groups is 2. The molecule has 148 valence electrons. The molecule has 1 aliphatic rings. The lowest BCUT2D eigenvalue weighted by atomic mass is 9.87. The lowest BCUT2D eigenvalue weighted by Crippen LogP contribution is -2.49. The second-order valence-electron chi connectivity index (χ2n) is 8.24. The van der Waals surface area contributed by atoms with Gasteiger partial charge in [0.15, 0.2) is 0 Å². The first-order valence-corrected chi connectivity index (χ1v) is 9.57. The normalized spacial score (nSPS) is 16.3. The molecule has 2 aromatic carbocycles. The first-order valence-electron chi connectivity index (χ1n) is 9.57. The van der Waals surface area contributed by atoms with Crippen LogP contribution in [0.3, 0.4) is 0 Å². The molecule has 0 saturated carbocycles. The number of fused-ring (bicyclic) bond motifs is 1. The zero-order valence-electron chi connectivity index (χ0n) is 17.2. The van der Waals surface area contributed by atoms with Gasteiger partial charge >= 0.3 is 0 Å².